The van der Waals surface area contributed by atoms with Crippen LogP contribution in [-0.4, -0.2) is 24.1 Å². The maximum absolute atomic E-state index is 12.2. The summed E-state index contributed by atoms with van der Waals surface area (Å²) < 4.78 is 6.28. The number of carbonyl (C=O) groups excluding carboxylic acids is 1. The molecule has 0 atom stereocenters. The summed E-state index contributed by atoms with van der Waals surface area (Å²) in [6, 6.07) is 3.88. The third-order valence-corrected chi connectivity index (χ3v) is 4.39. The second kappa shape index (κ2) is 5.38. The van der Waals surface area contributed by atoms with E-state index in [-0.39, 0.29) is 11.8 Å². The molecule has 0 unspecified atom stereocenters. The molecule has 6 heteroatoms. The largest absolute Gasteiger partial charge is 0.381 e. The van der Waals surface area contributed by atoms with Crippen molar-refractivity contribution < 1.29 is 9.53 Å². The highest BCUT2D eigenvalue weighted by Gasteiger charge is 2.21. The average Bonchev–Trinajstić information content (AvgIpc) is 2.81. The van der Waals surface area contributed by atoms with Crippen molar-refractivity contribution in [3.63, 3.8) is 0 Å². The number of amides is 1. The molecule has 0 radical (unpaired) electrons. The first kappa shape index (κ1) is 13.3. The molecule has 1 aliphatic heterocycles. The third-order valence-electron chi connectivity index (χ3n) is 3.56. The fourth-order valence-corrected chi connectivity index (χ4v) is 3.34. The number of aryl methyl sites for hydroxylation is 1. The number of anilines is 2. The molecule has 1 amide bonds. The summed E-state index contributed by atoms with van der Waals surface area (Å²) in [5.41, 5.74) is 8.49. The van der Waals surface area contributed by atoms with Crippen LogP contribution in [0.5, 0.6) is 0 Å². The van der Waals surface area contributed by atoms with Crippen LogP contribution < -0.4 is 11.1 Å². The lowest BCUT2D eigenvalue weighted by molar-refractivity contribution is -0.122. The number of nitrogens with two attached hydrogens (primary N) is 1. The van der Waals surface area contributed by atoms with Crippen molar-refractivity contribution in [1.29, 1.82) is 0 Å². The smallest absolute Gasteiger partial charge is 0.227 e. The van der Waals surface area contributed by atoms with Gasteiger partial charge in [-0.25, -0.2) is 4.98 Å². The molecule has 3 N–H and O–H groups in total. The highest BCUT2D eigenvalue weighted by molar-refractivity contribution is 7.22. The zero-order valence-corrected chi connectivity index (χ0v) is 12.1. The van der Waals surface area contributed by atoms with Gasteiger partial charge in [0.1, 0.15) is 0 Å². The van der Waals surface area contributed by atoms with E-state index in [2.05, 4.69) is 10.3 Å². The molecule has 1 aliphatic rings. The molecule has 0 aliphatic carbocycles. The molecule has 0 bridgehead atoms. The number of ether oxygens (including phenoxy) is 1. The topological polar surface area (TPSA) is 77.2 Å². The Morgan fingerprint density at radius 2 is 2.20 bits per heavy atom. The van der Waals surface area contributed by atoms with Gasteiger partial charge >= 0.3 is 0 Å². The summed E-state index contributed by atoms with van der Waals surface area (Å²) in [4.78, 5) is 16.5. The molecule has 0 saturated carbocycles. The van der Waals surface area contributed by atoms with Crippen molar-refractivity contribution in [1.82, 2.24) is 4.98 Å². The van der Waals surface area contributed by atoms with Crippen LogP contribution in [0, 0.1) is 12.8 Å². The van der Waals surface area contributed by atoms with E-state index < -0.39 is 0 Å². The molecule has 2 heterocycles. The number of carbonyl (C=O) groups is 1. The second-order valence-corrected chi connectivity index (χ2v) is 6.13. The Labute approximate surface area is 121 Å². The van der Waals surface area contributed by atoms with Crippen LogP contribution in [0.2, 0.25) is 0 Å². The fourth-order valence-electron chi connectivity index (χ4n) is 2.49. The normalized spacial score (nSPS) is 16.4. The van der Waals surface area contributed by atoms with E-state index in [0.717, 1.165) is 34.3 Å². The maximum atomic E-state index is 12.2. The number of rotatable bonds is 2. The van der Waals surface area contributed by atoms with Crippen molar-refractivity contribution in [3.05, 3.63) is 17.7 Å². The minimum Gasteiger partial charge on any atom is -0.381 e. The maximum Gasteiger partial charge on any atom is 0.227 e. The van der Waals surface area contributed by atoms with Gasteiger partial charge in [0.15, 0.2) is 5.13 Å². The van der Waals surface area contributed by atoms with Gasteiger partial charge in [-0.05, 0) is 37.5 Å². The number of thiazole rings is 1. The van der Waals surface area contributed by atoms with Gasteiger partial charge in [-0.1, -0.05) is 11.3 Å². The molecule has 3 rings (SSSR count). The zero-order valence-electron chi connectivity index (χ0n) is 11.3. The summed E-state index contributed by atoms with van der Waals surface area (Å²) >= 11 is 1.44. The number of hydrogen-bond donors (Lipinski definition) is 2. The van der Waals surface area contributed by atoms with Crippen molar-refractivity contribution in [3.8, 4) is 0 Å². The number of fused-ring (bicyclic) bond motifs is 1. The lowest BCUT2D eigenvalue weighted by atomic mass is 9.99. The average molecular weight is 291 g/mol. The molecule has 2 aromatic rings. The molecule has 20 heavy (non-hydrogen) atoms. The summed E-state index contributed by atoms with van der Waals surface area (Å²) in [5.74, 6) is 0.121. The first-order valence-electron chi connectivity index (χ1n) is 6.69. The van der Waals surface area contributed by atoms with E-state index in [9.17, 15) is 4.79 Å². The summed E-state index contributed by atoms with van der Waals surface area (Å²) in [6.07, 6.45) is 1.58. The summed E-state index contributed by atoms with van der Waals surface area (Å²) in [6.45, 7) is 3.31. The van der Waals surface area contributed by atoms with Crippen molar-refractivity contribution >= 4 is 38.3 Å². The van der Waals surface area contributed by atoms with Crippen LogP contribution >= 0.6 is 11.3 Å². The first-order valence-corrected chi connectivity index (χ1v) is 7.50. The van der Waals surface area contributed by atoms with E-state index in [1.54, 1.807) is 0 Å². The van der Waals surface area contributed by atoms with Crippen molar-refractivity contribution in [2.24, 2.45) is 5.92 Å². The van der Waals surface area contributed by atoms with Crippen LogP contribution in [0.15, 0.2) is 12.1 Å². The summed E-state index contributed by atoms with van der Waals surface area (Å²) in [7, 11) is 0. The number of hydrogen-bond acceptors (Lipinski definition) is 5. The van der Waals surface area contributed by atoms with Crippen LogP contribution in [0.4, 0.5) is 10.8 Å². The first-order chi connectivity index (χ1) is 9.63. The van der Waals surface area contributed by atoms with E-state index in [0.29, 0.717) is 18.3 Å². The molecule has 1 aromatic heterocycles. The Bertz CT molecular complexity index is 647. The Hall–Kier alpha value is -1.66. The SMILES string of the molecule is Cc1cc(NC(=O)C2CCOCC2)cc2sc(N)nc12. The van der Waals surface area contributed by atoms with Gasteiger partial charge in [0, 0.05) is 24.8 Å². The Morgan fingerprint density at radius 3 is 2.95 bits per heavy atom. The lowest BCUT2D eigenvalue weighted by Crippen LogP contribution is -2.28. The molecular formula is C14H17N3O2S. The fraction of sp³-hybridized carbons (Fsp3) is 0.429. The summed E-state index contributed by atoms with van der Waals surface area (Å²) in [5, 5.41) is 3.55. The molecule has 1 aromatic carbocycles. The van der Waals surface area contributed by atoms with E-state index >= 15 is 0 Å². The quantitative estimate of drug-likeness (QED) is 0.891. The molecule has 1 fully saturated rings. The van der Waals surface area contributed by atoms with Crippen LogP contribution in [0.25, 0.3) is 10.2 Å². The Morgan fingerprint density at radius 1 is 1.45 bits per heavy atom. The minimum absolute atomic E-state index is 0.0475. The molecule has 1 saturated heterocycles. The third kappa shape index (κ3) is 2.62. The molecule has 106 valence electrons. The standard InChI is InChI=1S/C14H17N3O2S/c1-8-6-10(7-11-12(8)17-14(15)20-11)16-13(18)9-2-4-19-5-3-9/h6-7,9H,2-5H2,1H3,(H2,15,17)(H,16,18). The second-order valence-electron chi connectivity index (χ2n) is 5.07. The van der Waals surface area contributed by atoms with Crippen LogP contribution in [-0.2, 0) is 9.53 Å². The number of nitrogens with one attached hydrogen (secondary N) is 1. The monoisotopic (exact) mass is 291 g/mol. The van der Waals surface area contributed by atoms with Gasteiger partial charge in [0.2, 0.25) is 5.91 Å². The molecular weight excluding hydrogens is 274 g/mol. The Balaban J connectivity index is 1.81. The Kier molecular flexibility index (Phi) is 3.58. The van der Waals surface area contributed by atoms with Gasteiger partial charge in [0.05, 0.1) is 10.2 Å². The van der Waals surface area contributed by atoms with Crippen molar-refractivity contribution in [2.75, 3.05) is 24.3 Å². The van der Waals surface area contributed by atoms with Crippen molar-refractivity contribution in [2.45, 2.75) is 19.8 Å². The van der Waals surface area contributed by atoms with Gasteiger partial charge in [-0.15, -0.1) is 0 Å². The van der Waals surface area contributed by atoms with E-state index in [1.807, 2.05) is 19.1 Å². The van der Waals surface area contributed by atoms with Crippen LogP contribution in [0.1, 0.15) is 18.4 Å². The van der Waals surface area contributed by atoms with Gasteiger partial charge in [-0.3, -0.25) is 4.79 Å². The highest BCUT2D eigenvalue weighted by Crippen LogP contribution is 2.30. The minimum atomic E-state index is 0.0475. The predicted octanol–water partition coefficient (Wildman–Crippen LogP) is 2.55. The number of nitrogens with zero attached hydrogens (tertiary/aromatic N) is 1. The lowest BCUT2D eigenvalue weighted by Gasteiger charge is -2.21. The van der Waals surface area contributed by atoms with Crippen LogP contribution in [0.3, 0.4) is 0 Å². The number of nitrogen functional groups attached to an aromatic ring is 1. The van der Waals surface area contributed by atoms with Gasteiger partial charge < -0.3 is 15.8 Å². The van der Waals surface area contributed by atoms with Gasteiger partial charge in [-0.2, -0.15) is 0 Å². The zero-order chi connectivity index (χ0) is 14.1. The predicted molar refractivity (Wildman–Crippen MR) is 80.9 cm³/mol. The molecule has 0 spiro atoms. The highest BCUT2D eigenvalue weighted by atomic mass is 32.1. The molecule has 5 nitrogen and oxygen atoms in total. The number of benzene rings is 1. The van der Waals surface area contributed by atoms with E-state index in [4.69, 9.17) is 10.5 Å². The van der Waals surface area contributed by atoms with Gasteiger partial charge in [0.25, 0.3) is 0 Å². The number of aromatic nitrogens is 1. The van der Waals surface area contributed by atoms with E-state index in [1.165, 1.54) is 11.3 Å².